The van der Waals surface area contributed by atoms with Gasteiger partial charge in [0.15, 0.2) is 0 Å². The average Bonchev–Trinajstić information content (AvgIpc) is 2.30. The number of hydrogen-bond donors (Lipinski definition) is 1. The molecule has 0 spiro atoms. The highest BCUT2D eigenvalue weighted by atomic mass is 14.5. The Morgan fingerprint density at radius 1 is 0.750 bits per heavy atom. The fourth-order valence-corrected chi connectivity index (χ4v) is 1.89. The summed E-state index contributed by atoms with van der Waals surface area (Å²) in [6.07, 6.45) is 3.41. The Balaban J connectivity index is 1.85. The molecule has 0 aliphatic rings. The summed E-state index contributed by atoms with van der Waals surface area (Å²) < 4.78 is 0. The van der Waals surface area contributed by atoms with Crippen LogP contribution in [0.15, 0.2) is 54.6 Å². The van der Waals surface area contributed by atoms with Gasteiger partial charge in [0, 0.05) is 5.69 Å². The van der Waals surface area contributed by atoms with E-state index in [0.29, 0.717) is 0 Å². The molecule has 0 aromatic heterocycles. The van der Waals surface area contributed by atoms with Gasteiger partial charge in [-0.3, -0.25) is 0 Å². The molecule has 2 aromatic carbocycles. The molecule has 0 saturated carbocycles. The van der Waals surface area contributed by atoms with Crippen molar-refractivity contribution in [3.8, 4) is 0 Å². The Morgan fingerprint density at radius 2 is 1.44 bits per heavy atom. The fraction of sp³-hybridized carbons (Fsp3) is 0.200. The van der Waals surface area contributed by atoms with Gasteiger partial charge < -0.3 is 5.73 Å². The van der Waals surface area contributed by atoms with Gasteiger partial charge in [0.2, 0.25) is 0 Å². The van der Waals surface area contributed by atoms with Crippen LogP contribution >= 0.6 is 0 Å². The molecule has 1 heteroatoms. The zero-order valence-electron chi connectivity index (χ0n) is 9.39. The van der Waals surface area contributed by atoms with Crippen molar-refractivity contribution < 1.29 is 0 Å². The van der Waals surface area contributed by atoms with Crippen molar-refractivity contribution in [2.45, 2.75) is 19.3 Å². The highest BCUT2D eigenvalue weighted by Gasteiger charge is 1.95. The second-order valence-electron chi connectivity index (χ2n) is 4.08. The third kappa shape index (κ3) is 3.13. The van der Waals surface area contributed by atoms with Crippen molar-refractivity contribution in [1.82, 2.24) is 0 Å². The first-order valence-electron chi connectivity index (χ1n) is 5.73. The van der Waals surface area contributed by atoms with E-state index in [4.69, 9.17) is 5.73 Å². The predicted molar refractivity (Wildman–Crippen MR) is 69.3 cm³/mol. The minimum absolute atomic E-state index is 0.859. The molecule has 0 bridgehead atoms. The molecule has 0 radical (unpaired) electrons. The third-order valence-corrected chi connectivity index (χ3v) is 2.72. The number of aryl methyl sites for hydroxylation is 2. The van der Waals surface area contributed by atoms with Gasteiger partial charge >= 0.3 is 0 Å². The Hall–Kier alpha value is -1.76. The van der Waals surface area contributed by atoms with Crippen LogP contribution < -0.4 is 5.73 Å². The molecule has 0 heterocycles. The predicted octanol–water partition coefficient (Wildman–Crippen LogP) is 3.44. The number of anilines is 1. The molecular formula is C15H17N. The molecule has 0 unspecified atom stereocenters. The second-order valence-corrected chi connectivity index (χ2v) is 4.08. The van der Waals surface area contributed by atoms with Gasteiger partial charge in [-0.25, -0.2) is 0 Å². The van der Waals surface area contributed by atoms with E-state index >= 15 is 0 Å². The Bertz CT molecular complexity index is 434. The molecule has 0 aliphatic heterocycles. The molecular weight excluding hydrogens is 194 g/mol. The van der Waals surface area contributed by atoms with Crippen LogP contribution in [0.25, 0.3) is 0 Å². The summed E-state index contributed by atoms with van der Waals surface area (Å²) in [6, 6.07) is 18.8. The number of nitrogens with two attached hydrogens (primary N) is 1. The summed E-state index contributed by atoms with van der Waals surface area (Å²) >= 11 is 0. The Labute approximate surface area is 96.9 Å². The third-order valence-electron chi connectivity index (χ3n) is 2.72. The van der Waals surface area contributed by atoms with Gasteiger partial charge in [0.1, 0.15) is 0 Å². The van der Waals surface area contributed by atoms with E-state index in [1.807, 2.05) is 12.1 Å². The summed E-state index contributed by atoms with van der Waals surface area (Å²) in [4.78, 5) is 0. The van der Waals surface area contributed by atoms with Crippen LogP contribution in [0, 0.1) is 0 Å². The van der Waals surface area contributed by atoms with Gasteiger partial charge in [0.05, 0.1) is 0 Å². The van der Waals surface area contributed by atoms with Crippen molar-refractivity contribution in [3.05, 3.63) is 65.7 Å². The summed E-state index contributed by atoms with van der Waals surface area (Å²) in [7, 11) is 0. The monoisotopic (exact) mass is 211 g/mol. The molecule has 16 heavy (non-hydrogen) atoms. The molecule has 2 aromatic rings. The van der Waals surface area contributed by atoms with Crippen LogP contribution in [-0.2, 0) is 12.8 Å². The maximum absolute atomic E-state index is 5.74. The summed E-state index contributed by atoms with van der Waals surface area (Å²) in [5.41, 5.74) is 9.34. The lowest BCUT2D eigenvalue weighted by Crippen LogP contribution is -1.91. The molecule has 2 N–H and O–H groups in total. The summed E-state index contributed by atoms with van der Waals surface area (Å²) in [5, 5.41) is 0. The minimum Gasteiger partial charge on any atom is -0.399 e. The average molecular weight is 211 g/mol. The molecule has 2 rings (SSSR count). The van der Waals surface area contributed by atoms with Crippen LogP contribution in [0.2, 0.25) is 0 Å². The number of benzene rings is 2. The van der Waals surface area contributed by atoms with Crippen LogP contribution in [0.1, 0.15) is 17.5 Å². The van der Waals surface area contributed by atoms with Gasteiger partial charge in [-0.05, 0) is 42.5 Å². The Morgan fingerprint density at radius 3 is 2.19 bits per heavy atom. The summed E-state index contributed by atoms with van der Waals surface area (Å²) in [5.74, 6) is 0. The van der Waals surface area contributed by atoms with Crippen molar-refractivity contribution in [2.75, 3.05) is 5.73 Å². The maximum Gasteiger partial charge on any atom is 0.0316 e. The zero-order valence-corrected chi connectivity index (χ0v) is 9.39. The van der Waals surface area contributed by atoms with Crippen LogP contribution in [0.3, 0.4) is 0 Å². The minimum atomic E-state index is 0.859. The quantitative estimate of drug-likeness (QED) is 0.770. The molecule has 0 fully saturated rings. The first-order chi connectivity index (χ1) is 7.84. The van der Waals surface area contributed by atoms with E-state index < -0.39 is 0 Å². The fourth-order valence-electron chi connectivity index (χ4n) is 1.89. The molecule has 0 aliphatic carbocycles. The summed E-state index contributed by atoms with van der Waals surface area (Å²) in [6.45, 7) is 0. The molecule has 82 valence electrons. The lowest BCUT2D eigenvalue weighted by atomic mass is 10.0. The molecule has 0 amide bonds. The van der Waals surface area contributed by atoms with E-state index in [1.165, 1.54) is 17.5 Å². The van der Waals surface area contributed by atoms with E-state index in [9.17, 15) is 0 Å². The van der Waals surface area contributed by atoms with Crippen molar-refractivity contribution in [3.63, 3.8) is 0 Å². The van der Waals surface area contributed by atoms with Gasteiger partial charge in [0.25, 0.3) is 0 Å². The van der Waals surface area contributed by atoms with Crippen molar-refractivity contribution >= 4 is 5.69 Å². The normalized spacial score (nSPS) is 10.2. The van der Waals surface area contributed by atoms with Gasteiger partial charge in [-0.1, -0.05) is 42.5 Å². The van der Waals surface area contributed by atoms with E-state index in [1.54, 1.807) is 0 Å². The van der Waals surface area contributed by atoms with Crippen LogP contribution in [0.5, 0.6) is 0 Å². The number of rotatable bonds is 4. The van der Waals surface area contributed by atoms with E-state index in [-0.39, 0.29) is 0 Å². The number of hydrogen-bond acceptors (Lipinski definition) is 1. The molecule has 0 atom stereocenters. The topological polar surface area (TPSA) is 26.0 Å². The first kappa shape index (κ1) is 10.7. The van der Waals surface area contributed by atoms with Crippen molar-refractivity contribution in [2.24, 2.45) is 0 Å². The van der Waals surface area contributed by atoms with Gasteiger partial charge in [-0.15, -0.1) is 0 Å². The lowest BCUT2D eigenvalue weighted by molar-refractivity contribution is 0.821. The van der Waals surface area contributed by atoms with Crippen LogP contribution in [0.4, 0.5) is 5.69 Å². The highest BCUT2D eigenvalue weighted by molar-refractivity contribution is 5.40. The molecule has 0 saturated heterocycles. The van der Waals surface area contributed by atoms with Gasteiger partial charge in [-0.2, -0.15) is 0 Å². The van der Waals surface area contributed by atoms with E-state index in [0.717, 1.165) is 18.5 Å². The SMILES string of the molecule is Nc1cccc(CCCc2ccccc2)c1. The molecule has 1 nitrogen and oxygen atoms in total. The zero-order chi connectivity index (χ0) is 11.2. The van der Waals surface area contributed by atoms with E-state index in [2.05, 4.69) is 42.5 Å². The maximum atomic E-state index is 5.74. The number of nitrogen functional groups attached to an aromatic ring is 1. The second kappa shape index (κ2) is 5.36. The first-order valence-corrected chi connectivity index (χ1v) is 5.73. The Kier molecular flexibility index (Phi) is 3.60. The van der Waals surface area contributed by atoms with Crippen molar-refractivity contribution in [1.29, 1.82) is 0 Å². The largest absolute Gasteiger partial charge is 0.399 e. The highest BCUT2D eigenvalue weighted by Crippen LogP contribution is 2.11. The smallest absolute Gasteiger partial charge is 0.0316 e. The van der Waals surface area contributed by atoms with Crippen LogP contribution in [-0.4, -0.2) is 0 Å². The standard InChI is InChI=1S/C15H17N/c16-15-11-5-10-14(12-15)9-4-8-13-6-2-1-3-7-13/h1-3,5-7,10-12H,4,8-9,16H2. The lowest BCUT2D eigenvalue weighted by Gasteiger charge is -2.03.